The van der Waals surface area contributed by atoms with E-state index in [0.29, 0.717) is 0 Å². The summed E-state index contributed by atoms with van der Waals surface area (Å²) in [4.78, 5) is 10.9. The number of aryl methyl sites for hydroxylation is 1. The molecule has 0 atom stereocenters. The molecule has 0 bridgehead atoms. The van der Waals surface area contributed by atoms with E-state index in [1.54, 1.807) is 0 Å². The predicted molar refractivity (Wildman–Crippen MR) is 51.1 cm³/mol. The lowest BCUT2D eigenvalue weighted by Crippen LogP contribution is -2.13. The minimum atomic E-state index is -4.71. The van der Waals surface area contributed by atoms with E-state index in [9.17, 15) is 18.0 Å². The van der Waals surface area contributed by atoms with Crippen LogP contribution in [0, 0.1) is 18.3 Å². The van der Waals surface area contributed by atoms with Crippen LogP contribution in [0.2, 0.25) is 0 Å². The highest BCUT2D eigenvalue weighted by atomic mass is 35.5. The van der Waals surface area contributed by atoms with E-state index in [0.717, 1.165) is 6.07 Å². The Morgan fingerprint density at radius 2 is 2.00 bits per heavy atom. The average molecular weight is 248 g/mol. The van der Waals surface area contributed by atoms with Gasteiger partial charge in [0.2, 0.25) is 0 Å². The van der Waals surface area contributed by atoms with Crippen molar-refractivity contribution in [2.45, 2.75) is 13.1 Å². The lowest BCUT2D eigenvalue weighted by atomic mass is 9.99. The Morgan fingerprint density at radius 3 is 2.38 bits per heavy atom. The molecule has 0 aliphatic rings. The molecule has 0 fully saturated rings. The number of nitrogens with zero attached hydrogens (tertiary/aromatic N) is 1. The van der Waals surface area contributed by atoms with Crippen LogP contribution in [-0.4, -0.2) is 5.24 Å². The number of carbonyl (C=O) groups excluding carboxylic acids is 1. The number of hydrogen-bond acceptors (Lipinski definition) is 2. The van der Waals surface area contributed by atoms with Gasteiger partial charge in [-0.1, -0.05) is 0 Å². The van der Waals surface area contributed by atoms with Gasteiger partial charge >= 0.3 is 6.18 Å². The Hall–Kier alpha value is -1.54. The van der Waals surface area contributed by atoms with Crippen molar-refractivity contribution in [1.82, 2.24) is 0 Å². The third-order valence-corrected chi connectivity index (χ3v) is 2.09. The van der Waals surface area contributed by atoms with Gasteiger partial charge in [-0.15, -0.1) is 0 Å². The molecule has 1 aromatic carbocycles. The van der Waals surface area contributed by atoms with Crippen molar-refractivity contribution in [3.05, 3.63) is 34.4 Å². The maximum atomic E-state index is 12.6. The van der Waals surface area contributed by atoms with Gasteiger partial charge in [0.05, 0.1) is 22.8 Å². The summed E-state index contributed by atoms with van der Waals surface area (Å²) >= 11 is 5.06. The second kappa shape index (κ2) is 4.14. The van der Waals surface area contributed by atoms with Crippen LogP contribution in [-0.2, 0) is 6.18 Å². The van der Waals surface area contributed by atoms with Gasteiger partial charge in [-0.2, -0.15) is 18.4 Å². The maximum Gasteiger partial charge on any atom is 0.417 e. The fraction of sp³-hybridized carbons (Fsp3) is 0.200. The number of halogens is 4. The Labute approximate surface area is 94.2 Å². The van der Waals surface area contributed by atoms with Gasteiger partial charge in [-0.3, -0.25) is 4.79 Å². The first-order valence-electron chi connectivity index (χ1n) is 4.09. The summed E-state index contributed by atoms with van der Waals surface area (Å²) < 4.78 is 37.8. The molecule has 84 valence electrons. The standard InChI is InChI=1S/C10H5ClF3NO/c1-5-2-6(4-15)8(9(11)16)7(3-5)10(12,13)14/h2-3H,1H3. The molecule has 0 unspecified atom stereocenters. The minimum Gasteiger partial charge on any atom is -0.276 e. The first kappa shape index (κ1) is 12.5. The smallest absolute Gasteiger partial charge is 0.276 e. The van der Waals surface area contributed by atoms with Gasteiger partial charge in [0.15, 0.2) is 0 Å². The van der Waals surface area contributed by atoms with Crippen LogP contribution >= 0.6 is 11.6 Å². The Bertz CT molecular complexity index is 488. The van der Waals surface area contributed by atoms with Crippen LogP contribution in [0.4, 0.5) is 13.2 Å². The van der Waals surface area contributed by atoms with Gasteiger partial charge in [-0.25, -0.2) is 0 Å². The zero-order valence-corrected chi connectivity index (χ0v) is 8.78. The van der Waals surface area contributed by atoms with Gasteiger partial charge in [0.25, 0.3) is 5.24 Å². The van der Waals surface area contributed by atoms with Crippen molar-refractivity contribution < 1.29 is 18.0 Å². The van der Waals surface area contributed by atoms with E-state index >= 15 is 0 Å². The molecular formula is C10H5ClF3NO. The van der Waals surface area contributed by atoms with Gasteiger partial charge < -0.3 is 0 Å². The topological polar surface area (TPSA) is 40.9 Å². The van der Waals surface area contributed by atoms with Crippen LogP contribution in [0.15, 0.2) is 12.1 Å². The van der Waals surface area contributed by atoms with E-state index in [-0.39, 0.29) is 11.1 Å². The molecular weight excluding hydrogens is 243 g/mol. The summed E-state index contributed by atoms with van der Waals surface area (Å²) in [6.07, 6.45) is -4.71. The van der Waals surface area contributed by atoms with E-state index in [2.05, 4.69) is 0 Å². The fourth-order valence-corrected chi connectivity index (χ4v) is 1.51. The molecule has 0 amide bonds. The van der Waals surface area contributed by atoms with Crippen LogP contribution in [0.3, 0.4) is 0 Å². The van der Waals surface area contributed by atoms with Gasteiger partial charge in [-0.05, 0) is 36.2 Å². The third kappa shape index (κ3) is 2.34. The number of alkyl halides is 3. The summed E-state index contributed by atoms with van der Waals surface area (Å²) in [5.41, 5.74) is -2.09. The van der Waals surface area contributed by atoms with Crippen LogP contribution in [0.1, 0.15) is 27.0 Å². The van der Waals surface area contributed by atoms with Gasteiger partial charge in [0.1, 0.15) is 0 Å². The highest BCUT2D eigenvalue weighted by Gasteiger charge is 2.36. The van der Waals surface area contributed by atoms with Crippen LogP contribution in [0.5, 0.6) is 0 Å². The lowest BCUT2D eigenvalue weighted by molar-refractivity contribution is -0.137. The lowest BCUT2D eigenvalue weighted by Gasteiger charge is -2.12. The summed E-state index contributed by atoms with van der Waals surface area (Å²) in [6, 6.07) is 3.50. The maximum absolute atomic E-state index is 12.6. The van der Waals surface area contributed by atoms with Crippen molar-refractivity contribution in [1.29, 1.82) is 5.26 Å². The number of benzene rings is 1. The molecule has 0 saturated heterocycles. The summed E-state index contributed by atoms with van der Waals surface area (Å²) in [7, 11) is 0. The van der Waals surface area contributed by atoms with Gasteiger partial charge in [0, 0.05) is 0 Å². The van der Waals surface area contributed by atoms with E-state index < -0.39 is 22.5 Å². The molecule has 0 aliphatic carbocycles. The second-order valence-corrected chi connectivity index (χ2v) is 3.46. The number of nitriles is 1. The molecule has 6 heteroatoms. The number of rotatable bonds is 1. The Morgan fingerprint density at radius 1 is 1.44 bits per heavy atom. The molecule has 0 aromatic heterocycles. The van der Waals surface area contributed by atoms with E-state index in [1.165, 1.54) is 19.1 Å². The minimum absolute atomic E-state index is 0.241. The van der Waals surface area contributed by atoms with Crippen molar-refractivity contribution >= 4 is 16.8 Å². The van der Waals surface area contributed by atoms with E-state index in [1.807, 2.05) is 0 Å². The molecule has 2 nitrogen and oxygen atoms in total. The first-order chi connectivity index (χ1) is 7.27. The second-order valence-electron chi connectivity index (χ2n) is 3.12. The molecule has 1 aromatic rings. The zero-order valence-electron chi connectivity index (χ0n) is 8.02. The van der Waals surface area contributed by atoms with Crippen molar-refractivity contribution in [3.63, 3.8) is 0 Å². The number of hydrogen-bond donors (Lipinski definition) is 0. The summed E-state index contributed by atoms with van der Waals surface area (Å²) in [5.74, 6) is 0. The first-order valence-corrected chi connectivity index (χ1v) is 4.47. The Kier molecular flexibility index (Phi) is 3.24. The third-order valence-electron chi connectivity index (χ3n) is 1.91. The molecule has 0 radical (unpaired) electrons. The summed E-state index contributed by atoms with van der Waals surface area (Å²) in [5, 5.41) is 7.37. The van der Waals surface area contributed by atoms with Crippen molar-refractivity contribution in [2.75, 3.05) is 0 Å². The summed E-state index contributed by atoms with van der Waals surface area (Å²) in [6.45, 7) is 1.40. The fourth-order valence-electron chi connectivity index (χ4n) is 1.31. The van der Waals surface area contributed by atoms with Crippen molar-refractivity contribution in [3.8, 4) is 6.07 Å². The van der Waals surface area contributed by atoms with Crippen molar-refractivity contribution in [2.24, 2.45) is 0 Å². The molecule has 16 heavy (non-hydrogen) atoms. The molecule has 0 aliphatic heterocycles. The van der Waals surface area contributed by atoms with Crippen LogP contribution in [0.25, 0.3) is 0 Å². The van der Waals surface area contributed by atoms with E-state index in [4.69, 9.17) is 16.9 Å². The Balaban J connectivity index is 3.66. The normalized spacial score (nSPS) is 11.0. The quantitative estimate of drug-likeness (QED) is 0.715. The predicted octanol–water partition coefficient (Wildman–Crippen LogP) is 3.26. The molecule has 0 heterocycles. The SMILES string of the molecule is Cc1cc(C#N)c(C(=O)Cl)c(C(F)(F)F)c1. The molecule has 0 N–H and O–H groups in total. The molecule has 1 rings (SSSR count). The largest absolute Gasteiger partial charge is 0.417 e. The zero-order chi connectivity index (χ0) is 12.5. The molecule has 0 saturated carbocycles. The monoisotopic (exact) mass is 247 g/mol. The number of carbonyl (C=O) groups is 1. The molecule has 0 spiro atoms. The average Bonchev–Trinajstić information content (AvgIpc) is 2.14. The highest BCUT2D eigenvalue weighted by molar-refractivity contribution is 6.68. The highest BCUT2D eigenvalue weighted by Crippen LogP contribution is 2.34. The van der Waals surface area contributed by atoms with Crippen LogP contribution < -0.4 is 0 Å².